The highest BCUT2D eigenvalue weighted by molar-refractivity contribution is 5.78. The summed E-state index contributed by atoms with van der Waals surface area (Å²) < 4.78 is 5.46. The highest BCUT2D eigenvalue weighted by Crippen LogP contribution is 2.17. The maximum Gasteiger partial charge on any atom is 0.308 e. The molecule has 1 amide bonds. The number of carbonyl (C=O) groups is 2. The Labute approximate surface area is 118 Å². The van der Waals surface area contributed by atoms with Crippen molar-refractivity contribution in [3.8, 4) is 0 Å². The fourth-order valence-electron chi connectivity index (χ4n) is 2.27. The number of nitrogens with zero attached hydrogens (tertiary/aromatic N) is 1. The Morgan fingerprint density at radius 2 is 2.05 bits per heavy atom. The van der Waals surface area contributed by atoms with Crippen LogP contribution in [-0.2, 0) is 20.9 Å². The number of carboxylic acids is 1. The summed E-state index contributed by atoms with van der Waals surface area (Å²) in [7, 11) is 0. The van der Waals surface area contributed by atoms with Crippen molar-refractivity contribution in [3.63, 3.8) is 0 Å². The predicted molar refractivity (Wildman–Crippen MR) is 73.0 cm³/mol. The zero-order chi connectivity index (χ0) is 14.4. The van der Waals surface area contributed by atoms with E-state index in [9.17, 15) is 9.59 Å². The summed E-state index contributed by atoms with van der Waals surface area (Å²) in [5.74, 6) is -1.26. The highest BCUT2D eigenvalue weighted by atomic mass is 16.5. The maximum atomic E-state index is 11.9. The summed E-state index contributed by atoms with van der Waals surface area (Å²) in [6, 6.07) is 9.78. The molecule has 0 aromatic heterocycles. The normalized spacial score (nSPS) is 18.2. The standard InChI is InChI=1S/C15H19NO4/c17-14(16-8-6-13(10-16)15(18)19)7-9-20-11-12-4-2-1-3-5-12/h1-5,13H,6-11H2,(H,18,19)/t13-/m0/s1. The quantitative estimate of drug-likeness (QED) is 0.801. The summed E-state index contributed by atoms with van der Waals surface area (Å²) in [5, 5.41) is 8.89. The van der Waals surface area contributed by atoms with Crippen LogP contribution in [0, 0.1) is 5.92 Å². The van der Waals surface area contributed by atoms with Gasteiger partial charge in [-0.15, -0.1) is 0 Å². The molecule has 1 aromatic carbocycles. The molecular weight excluding hydrogens is 258 g/mol. The largest absolute Gasteiger partial charge is 0.481 e. The predicted octanol–water partition coefficient (Wildman–Crippen LogP) is 1.53. The van der Waals surface area contributed by atoms with Crippen molar-refractivity contribution in [3.05, 3.63) is 35.9 Å². The van der Waals surface area contributed by atoms with E-state index in [1.807, 2.05) is 30.3 Å². The molecule has 1 aliphatic heterocycles. The molecule has 1 atom stereocenters. The van der Waals surface area contributed by atoms with Gasteiger partial charge in [0.25, 0.3) is 0 Å². The van der Waals surface area contributed by atoms with Crippen molar-refractivity contribution in [2.45, 2.75) is 19.4 Å². The lowest BCUT2D eigenvalue weighted by atomic mass is 10.1. The Balaban J connectivity index is 1.65. The number of carbonyl (C=O) groups excluding carboxylic acids is 1. The third kappa shape index (κ3) is 4.06. The third-order valence-corrected chi connectivity index (χ3v) is 3.46. The molecule has 5 heteroatoms. The number of aliphatic carboxylic acids is 1. The summed E-state index contributed by atoms with van der Waals surface area (Å²) in [6.07, 6.45) is 0.852. The summed E-state index contributed by atoms with van der Waals surface area (Å²) in [4.78, 5) is 24.3. The number of hydrogen-bond donors (Lipinski definition) is 1. The molecule has 2 rings (SSSR count). The van der Waals surface area contributed by atoms with Crippen molar-refractivity contribution in [1.82, 2.24) is 4.90 Å². The monoisotopic (exact) mass is 277 g/mol. The topological polar surface area (TPSA) is 66.8 Å². The molecule has 108 valence electrons. The molecular formula is C15H19NO4. The van der Waals surface area contributed by atoms with E-state index in [1.165, 1.54) is 0 Å². The van der Waals surface area contributed by atoms with Gasteiger partial charge in [-0.25, -0.2) is 0 Å². The first-order valence-corrected chi connectivity index (χ1v) is 6.79. The Hall–Kier alpha value is -1.88. The van der Waals surface area contributed by atoms with Crippen LogP contribution in [0.1, 0.15) is 18.4 Å². The van der Waals surface area contributed by atoms with Gasteiger partial charge in [-0.1, -0.05) is 30.3 Å². The summed E-state index contributed by atoms with van der Waals surface area (Å²) >= 11 is 0. The Morgan fingerprint density at radius 3 is 2.70 bits per heavy atom. The number of carboxylic acid groups (broad SMARTS) is 1. The number of benzene rings is 1. The molecule has 0 bridgehead atoms. The number of rotatable bonds is 6. The zero-order valence-electron chi connectivity index (χ0n) is 11.3. The van der Waals surface area contributed by atoms with Gasteiger partial charge in [0, 0.05) is 13.1 Å². The lowest BCUT2D eigenvalue weighted by Crippen LogP contribution is -2.30. The van der Waals surface area contributed by atoms with E-state index in [-0.39, 0.29) is 5.91 Å². The van der Waals surface area contributed by atoms with Gasteiger partial charge in [-0.2, -0.15) is 0 Å². The molecule has 0 radical (unpaired) electrons. The van der Waals surface area contributed by atoms with Crippen LogP contribution in [0.5, 0.6) is 0 Å². The highest BCUT2D eigenvalue weighted by Gasteiger charge is 2.30. The maximum absolute atomic E-state index is 11.9. The van der Waals surface area contributed by atoms with Crippen molar-refractivity contribution >= 4 is 11.9 Å². The van der Waals surface area contributed by atoms with Crippen molar-refractivity contribution in [1.29, 1.82) is 0 Å². The molecule has 1 aliphatic rings. The number of hydrogen-bond acceptors (Lipinski definition) is 3. The Kier molecular flexibility index (Phi) is 5.12. The van der Waals surface area contributed by atoms with E-state index >= 15 is 0 Å². The van der Waals surface area contributed by atoms with Crippen LogP contribution in [0.15, 0.2) is 30.3 Å². The third-order valence-electron chi connectivity index (χ3n) is 3.46. The molecule has 0 saturated carbocycles. The van der Waals surface area contributed by atoms with Gasteiger partial charge in [-0.05, 0) is 12.0 Å². The molecule has 0 aliphatic carbocycles. The minimum absolute atomic E-state index is 0.0261. The van der Waals surface area contributed by atoms with Crippen molar-refractivity contribution in [2.75, 3.05) is 19.7 Å². The zero-order valence-corrected chi connectivity index (χ0v) is 11.3. The van der Waals surface area contributed by atoms with E-state index in [0.29, 0.717) is 39.1 Å². The number of likely N-dealkylation sites (tertiary alicyclic amines) is 1. The van der Waals surface area contributed by atoms with Crippen LogP contribution < -0.4 is 0 Å². The second-order valence-electron chi connectivity index (χ2n) is 4.95. The van der Waals surface area contributed by atoms with Crippen LogP contribution in [0.3, 0.4) is 0 Å². The van der Waals surface area contributed by atoms with Gasteiger partial charge in [0.1, 0.15) is 0 Å². The average molecular weight is 277 g/mol. The SMILES string of the molecule is O=C(O)[C@H]1CCN(C(=O)CCOCc2ccccc2)C1. The molecule has 1 aromatic rings. The molecule has 1 N–H and O–H groups in total. The van der Waals surface area contributed by atoms with Crippen LogP contribution in [0.2, 0.25) is 0 Å². The van der Waals surface area contributed by atoms with Gasteiger partial charge in [-0.3, -0.25) is 9.59 Å². The van der Waals surface area contributed by atoms with Crippen LogP contribution in [0.4, 0.5) is 0 Å². The lowest BCUT2D eigenvalue weighted by molar-refractivity contribution is -0.141. The fourth-order valence-corrected chi connectivity index (χ4v) is 2.27. The molecule has 1 fully saturated rings. The smallest absolute Gasteiger partial charge is 0.308 e. The van der Waals surface area contributed by atoms with Crippen LogP contribution in [-0.4, -0.2) is 41.6 Å². The fraction of sp³-hybridized carbons (Fsp3) is 0.467. The average Bonchev–Trinajstić information content (AvgIpc) is 2.94. The van der Waals surface area contributed by atoms with E-state index in [0.717, 1.165) is 5.56 Å². The summed E-state index contributed by atoms with van der Waals surface area (Å²) in [6.45, 7) is 1.72. The van der Waals surface area contributed by atoms with Gasteiger partial charge in [0.2, 0.25) is 5.91 Å². The van der Waals surface area contributed by atoms with Crippen molar-refractivity contribution < 1.29 is 19.4 Å². The molecule has 5 nitrogen and oxygen atoms in total. The van der Waals surface area contributed by atoms with E-state index < -0.39 is 11.9 Å². The molecule has 0 spiro atoms. The minimum Gasteiger partial charge on any atom is -0.481 e. The first-order chi connectivity index (χ1) is 9.66. The molecule has 1 saturated heterocycles. The second-order valence-corrected chi connectivity index (χ2v) is 4.95. The van der Waals surface area contributed by atoms with Gasteiger partial charge in [0.05, 0.1) is 25.6 Å². The lowest BCUT2D eigenvalue weighted by Gasteiger charge is -2.15. The van der Waals surface area contributed by atoms with Gasteiger partial charge < -0.3 is 14.7 Å². The molecule has 0 unspecified atom stereocenters. The van der Waals surface area contributed by atoms with Crippen LogP contribution >= 0.6 is 0 Å². The Morgan fingerprint density at radius 1 is 1.30 bits per heavy atom. The van der Waals surface area contributed by atoms with Crippen molar-refractivity contribution in [2.24, 2.45) is 5.92 Å². The van der Waals surface area contributed by atoms with Gasteiger partial charge in [0.15, 0.2) is 0 Å². The number of amides is 1. The first-order valence-electron chi connectivity index (χ1n) is 6.79. The number of ether oxygens (including phenoxy) is 1. The van der Waals surface area contributed by atoms with E-state index in [4.69, 9.17) is 9.84 Å². The molecule has 1 heterocycles. The summed E-state index contributed by atoms with van der Waals surface area (Å²) in [5.41, 5.74) is 1.08. The van der Waals surface area contributed by atoms with Gasteiger partial charge >= 0.3 is 5.97 Å². The van der Waals surface area contributed by atoms with E-state index in [1.54, 1.807) is 4.90 Å². The Bertz CT molecular complexity index is 460. The minimum atomic E-state index is -0.819. The van der Waals surface area contributed by atoms with Crippen LogP contribution in [0.25, 0.3) is 0 Å². The molecule has 20 heavy (non-hydrogen) atoms. The second kappa shape index (κ2) is 7.05. The first kappa shape index (κ1) is 14.5. The van der Waals surface area contributed by atoms with E-state index in [2.05, 4.69) is 0 Å².